The Labute approximate surface area is 117 Å². The molecule has 0 aromatic carbocycles. The lowest BCUT2D eigenvalue weighted by Crippen LogP contribution is -2.47. The Balaban J connectivity index is 1.64. The molecule has 1 N–H and O–H groups in total. The van der Waals surface area contributed by atoms with E-state index in [0.29, 0.717) is 19.8 Å². The fourth-order valence-electron chi connectivity index (χ4n) is 3.58. The zero-order valence-electron chi connectivity index (χ0n) is 11.6. The van der Waals surface area contributed by atoms with Gasteiger partial charge in [0.1, 0.15) is 6.61 Å². The fraction of sp³-hybridized carbons (Fsp3) is 0.733. The summed E-state index contributed by atoms with van der Waals surface area (Å²) in [7, 11) is 0. The summed E-state index contributed by atoms with van der Waals surface area (Å²) in [6, 6.07) is 0. The van der Waals surface area contributed by atoms with E-state index in [1.807, 2.05) is 12.2 Å². The minimum atomic E-state index is -0.888. The molecule has 4 atom stereocenters. The maximum absolute atomic E-state index is 12.3. The average Bonchev–Trinajstić information content (AvgIpc) is 2.97. The highest BCUT2D eigenvalue weighted by Gasteiger charge is 2.53. The summed E-state index contributed by atoms with van der Waals surface area (Å²) in [5, 5.41) is 9.32. The van der Waals surface area contributed by atoms with Gasteiger partial charge in [0.05, 0.1) is 30.5 Å². The van der Waals surface area contributed by atoms with Crippen LogP contribution in [0.5, 0.6) is 0 Å². The molecule has 0 radical (unpaired) electrons. The zero-order valence-corrected chi connectivity index (χ0v) is 11.6. The SMILES string of the molecule is CCC1(COC(=O)C2C3C=CC(C3)C2C(=O)O)COC1. The molecule has 5 nitrogen and oxygen atoms in total. The average molecular weight is 280 g/mol. The van der Waals surface area contributed by atoms with E-state index in [-0.39, 0.29) is 23.2 Å². The Morgan fingerprint density at radius 1 is 1.30 bits per heavy atom. The van der Waals surface area contributed by atoms with E-state index in [1.165, 1.54) is 0 Å². The van der Waals surface area contributed by atoms with Crippen LogP contribution in [0.25, 0.3) is 0 Å². The molecule has 1 saturated carbocycles. The number of carbonyl (C=O) groups is 2. The number of carboxylic acid groups (broad SMARTS) is 1. The fourth-order valence-corrected chi connectivity index (χ4v) is 3.58. The van der Waals surface area contributed by atoms with Crippen molar-refractivity contribution in [3.05, 3.63) is 12.2 Å². The third kappa shape index (κ3) is 2.04. The summed E-state index contributed by atoms with van der Waals surface area (Å²) < 4.78 is 10.6. The van der Waals surface area contributed by atoms with Crippen LogP contribution in [0.15, 0.2) is 12.2 Å². The maximum atomic E-state index is 12.3. The zero-order chi connectivity index (χ0) is 14.3. The molecule has 1 heterocycles. The van der Waals surface area contributed by atoms with Crippen LogP contribution >= 0.6 is 0 Å². The number of ether oxygens (including phenoxy) is 2. The molecule has 20 heavy (non-hydrogen) atoms. The summed E-state index contributed by atoms with van der Waals surface area (Å²) in [6.07, 6.45) is 5.57. The monoisotopic (exact) mass is 280 g/mol. The first-order chi connectivity index (χ1) is 9.56. The quantitative estimate of drug-likeness (QED) is 0.610. The van der Waals surface area contributed by atoms with E-state index >= 15 is 0 Å². The van der Waals surface area contributed by atoms with Gasteiger partial charge in [-0.15, -0.1) is 0 Å². The van der Waals surface area contributed by atoms with Crippen LogP contribution in [0, 0.1) is 29.1 Å². The molecule has 3 rings (SSSR count). The minimum absolute atomic E-state index is 0.0118. The van der Waals surface area contributed by atoms with Crippen LogP contribution in [-0.4, -0.2) is 36.9 Å². The van der Waals surface area contributed by atoms with Gasteiger partial charge in [-0.3, -0.25) is 9.59 Å². The van der Waals surface area contributed by atoms with Gasteiger partial charge in [-0.1, -0.05) is 19.1 Å². The molecule has 1 aliphatic heterocycles. The smallest absolute Gasteiger partial charge is 0.310 e. The van der Waals surface area contributed by atoms with Crippen LogP contribution in [0.2, 0.25) is 0 Å². The van der Waals surface area contributed by atoms with Crippen molar-refractivity contribution in [1.29, 1.82) is 0 Å². The second-order valence-electron chi connectivity index (χ2n) is 6.29. The largest absolute Gasteiger partial charge is 0.481 e. The van der Waals surface area contributed by atoms with Crippen LogP contribution in [0.3, 0.4) is 0 Å². The van der Waals surface area contributed by atoms with Crippen LogP contribution in [-0.2, 0) is 19.1 Å². The lowest BCUT2D eigenvalue weighted by atomic mass is 9.82. The molecule has 2 fully saturated rings. The molecule has 0 aromatic heterocycles. The first kappa shape index (κ1) is 13.6. The molecule has 3 aliphatic rings. The predicted molar refractivity (Wildman–Crippen MR) is 69.9 cm³/mol. The van der Waals surface area contributed by atoms with Crippen molar-refractivity contribution >= 4 is 11.9 Å². The van der Waals surface area contributed by atoms with Gasteiger partial charge in [-0.2, -0.15) is 0 Å². The van der Waals surface area contributed by atoms with E-state index < -0.39 is 17.8 Å². The van der Waals surface area contributed by atoms with Crippen molar-refractivity contribution in [1.82, 2.24) is 0 Å². The highest BCUT2D eigenvalue weighted by atomic mass is 16.5. The van der Waals surface area contributed by atoms with E-state index in [4.69, 9.17) is 9.47 Å². The number of rotatable bonds is 5. The van der Waals surface area contributed by atoms with E-state index in [2.05, 4.69) is 6.92 Å². The van der Waals surface area contributed by atoms with Gasteiger partial charge in [-0.05, 0) is 24.7 Å². The van der Waals surface area contributed by atoms with E-state index in [9.17, 15) is 14.7 Å². The Morgan fingerprint density at radius 2 is 1.95 bits per heavy atom. The normalized spacial score (nSPS) is 36.6. The molecule has 0 aromatic rings. The molecule has 4 unspecified atom stereocenters. The van der Waals surface area contributed by atoms with Gasteiger partial charge in [0.15, 0.2) is 0 Å². The molecule has 0 amide bonds. The molecule has 110 valence electrons. The first-order valence-electron chi connectivity index (χ1n) is 7.22. The summed E-state index contributed by atoms with van der Waals surface area (Å²) >= 11 is 0. The van der Waals surface area contributed by atoms with Crippen molar-refractivity contribution in [2.75, 3.05) is 19.8 Å². The van der Waals surface area contributed by atoms with Crippen molar-refractivity contribution in [2.45, 2.75) is 19.8 Å². The third-order valence-electron chi connectivity index (χ3n) is 5.10. The number of allylic oxidation sites excluding steroid dienone is 2. The first-order valence-corrected chi connectivity index (χ1v) is 7.22. The second kappa shape index (κ2) is 4.88. The Kier molecular flexibility index (Phi) is 3.32. The highest BCUT2D eigenvalue weighted by Crippen LogP contribution is 2.48. The van der Waals surface area contributed by atoms with Gasteiger partial charge < -0.3 is 14.6 Å². The number of esters is 1. The Morgan fingerprint density at radius 3 is 2.45 bits per heavy atom. The number of carboxylic acids is 1. The van der Waals surface area contributed by atoms with Gasteiger partial charge in [0, 0.05) is 0 Å². The van der Waals surface area contributed by atoms with Crippen molar-refractivity contribution in [2.24, 2.45) is 29.1 Å². The molecule has 2 aliphatic carbocycles. The molecule has 5 heteroatoms. The van der Waals surface area contributed by atoms with Gasteiger partial charge in [0.2, 0.25) is 0 Å². The predicted octanol–water partition coefficient (Wildman–Crippen LogP) is 1.48. The topological polar surface area (TPSA) is 72.8 Å². The number of hydrogen-bond acceptors (Lipinski definition) is 4. The number of fused-ring (bicyclic) bond motifs is 2. The van der Waals surface area contributed by atoms with E-state index in [1.54, 1.807) is 0 Å². The summed E-state index contributed by atoms with van der Waals surface area (Å²) in [5.74, 6) is -2.36. The Hall–Kier alpha value is -1.36. The minimum Gasteiger partial charge on any atom is -0.481 e. The molecule has 0 spiro atoms. The van der Waals surface area contributed by atoms with Gasteiger partial charge >= 0.3 is 11.9 Å². The highest BCUT2D eigenvalue weighted by molar-refractivity contribution is 5.83. The van der Waals surface area contributed by atoms with Crippen molar-refractivity contribution in [3.63, 3.8) is 0 Å². The lowest BCUT2D eigenvalue weighted by Gasteiger charge is -2.40. The number of hydrogen-bond donors (Lipinski definition) is 1. The van der Waals surface area contributed by atoms with Gasteiger partial charge in [0.25, 0.3) is 0 Å². The lowest BCUT2D eigenvalue weighted by molar-refractivity contribution is -0.177. The molecule has 2 bridgehead atoms. The second-order valence-corrected chi connectivity index (χ2v) is 6.29. The summed E-state index contributed by atoms with van der Waals surface area (Å²) in [4.78, 5) is 23.7. The van der Waals surface area contributed by atoms with E-state index in [0.717, 1.165) is 12.8 Å². The third-order valence-corrected chi connectivity index (χ3v) is 5.10. The number of carbonyl (C=O) groups excluding carboxylic acids is 1. The van der Waals surface area contributed by atoms with Gasteiger partial charge in [-0.25, -0.2) is 0 Å². The molecular formula is C15H20O5. The van der Waals surface area contributed by atoms with Crippen molar-refractivity contribution < 1.29 is 24.2 Å². The molecule has 1 saturated heterocycles. The van der Waals surface area contributed by atoms with Crippen LogP contribution in [0.1, 0.15) is 19.8 Å². The number of aliphatic carboxylic acids is 1. The summed E-state index contributed by atoms with van der Waals surface area (Å²) in [6.45, 7) is 3.63. The molecular weight excluding hydrogens is 260 g/mol. The van der Waals surface area contributed by atoms with Crippen LogP contribution in [0.4, 0.5) is 0 Å². The maximum Gasteiger partial charge on any atom is 0.310 e. The standard InChI is InChI=1S/C15H20O5/c1-2-15(6-19-7-15)8-20-14(18)12-10-4-3-9(5-10)11(12)13(16)17/h3-4,9-12H,2,5-8H2,1H3,(H,16,17). The van der Waals surface area contributed by atoms with Crippen molar-refractivity contribution in [3.8, 4) is 0 Å². The summed E-state index contributed by atoms with van der Waals surface area (Å²) in [5.41, 5.74) is -0.0537. The Bertz CT molecular complexity index is 446. The van der Waals surface area contributed by atoms with Crippen LogP contribution < -0.4 is 0 Å².